The number of nitrogens with zero attached hydrogens (tertiary/aromatic N) is 1. The molecular formula is C23H24ClNO5. The Hall–Kier alpha value is -2.73. The summed E-state index contributed by atoms with van der Waals surface area (Å²) in [7, 11) is 1.56. The maximum atomic E-state index is 13.2. The quantitative estimate of drug-likeness (QED) is 0.730. The van der Waals surface area contributed by atoms with E-state index in [-0.39, 0.29) is 18.1 Å². The van der Waals surface area contributed by atoms with E-state index < -0.39 is 11.2 Å². The van der Waals surface area contributed by atoms with Gasteiger partial charge in [0, 0.05) is 18.0 Å². The van der Waals surface area contributed by atoms with Gasteiger partial charge in [-0.25, -0.2) is 0 Å². The van der Waals surface area contributed by atoms with Gasteiger partial charge in [-0.2, -0.15) is 0 Å². The maximum Gasteiger partial charge on any atom is 0.266 e. The van der Waals surface area contributed by atoms with E-state index in [0.29, 0.717) is 47.3 Å². The van der Waals surface area contributed by atoms with Crippen molar-refractivity contribution in [2.24, 2.45) is 0 Å². The number of likely N-dealkylation sites (tertiary alicyclic amines) is 1. The Kier molecular flexibility index (Phi) is 5.14. The molecule has 0 bridgehead atoms. The Morgan fingerprint density at radius 1 is 1.17 bits per heavy atom. The lowest BCUT2D eigenvalue weighted by atomic mass is 9.89. The number of halogens is 1. The van der Waals surface area contributed by atoms with Crippen LogP contribution in [0, 0.1) is 0 Å². The molecule has 0 saturated carbocycles. The van der Waals surface area contributed by atoms with Crippen molar-refractivity contribution in [1.82, 2.24) is 4.90 Å². The fraction of sp³-hybridized carbons (Fsp3) is 0.391. The van der Waals surface area contributed by atoms with Crippen LogP contribution in [0.5, 0.6) is 17.2 Å². The minimum atomic E-state index is -1.07. The molecule has 2 aromatic carbocycles. The standard InChI is InChI=1S/C23H24ClNO5/c1-22(2,29-16-6-4-15(24)5-7-16)21(27)25-11-10-23(14-25)13-19(26)18-12-17(28-3)8-9-20(18)30-23/h4-9,12H,10-11,13-14H2,1-3H3. The topological polar surface area (TPSA) is 65.1 Å². The summed E-state index contributed by atoms with van der Waals surface area (Å²) in [6, 6.07) is 12.1. The van der Waals surface area contributed by atoms with E-state index in [2.05, 4.69) is 0 Å². The summed E-state index contributed by atoms with van der Waals surface area (Å²) in [5.74, 6) is 1.58. The van der Waals surface area contributed by atoms with Gasteiger partial charge in [-0.1, -0.05) is 11.6 Å². The van der Waals surface area contributed by atoms with Gasteiger partial charge < -0.3 is 19.1 Å². The number of rotatable bonds is 4. The maximum absolute atomic E-state index is 13.2. The van der Waals surface area contributed by atoms with E-state index >= 15 is 0 Å². The van der Waals surface area contributed by atoms with Crippen molar-refractivity contribution in [2.75, 3.05) is 20.2 Å². The van der Waals surface area contributed by atoms with E-state index in [1.54, 1.807) is 68.3 Å². The molecule has 30 heavy (non-hydrogen) atoms. The van der Waals surface area contributed by atoms with Gasteiger partial charge in [-0.05, 0) is 56.3 Å². The second-order valence-electron chi connectivity index (χ2n) is 8.29. The van der Waals surface area contributed by atoms with Crippen molar-refractivity contribution < 1.29 is 23.8 Å². The fourth-order valence-electron chi connectivity index (χ4n) is 4.07. The number of hydrogen-bond acceptors (Lipinski definition) is 5. The number of fused-ring (bicyclic) bond motifs is 1. The molecule has 4 rings (SSSR count). The van der Waals surface area contributed by atoms with E-state index in [9.17, 15) is 9.59 Å². The number of methoxy groups -OCH3 is 1. The SMILES string of the molecule is COc1ccc2c(c1)C(=O)CC1(CCN(C(=O)C(C)(C)Oc3ccc(Cl)cc3)C1)O2. The smallest absolute Gasteiger partial charge is 0.266 e. The average Bonchev–Trinajstić information content (AvgIpc) is 3.11. The molecular weight excluding hydrogens is 406 g/mol. The molecule has 7 heteroatoms. The Morgan fingerprint density at radius 3 is 2.57 bits per heavy atom. The monoisotopic (exact) mass is 429 g/mol. The largest absolute Gasteiger partial charge is 0.497 e. The highest BCUT2D eigenvalue weighted by atomic mass is 35.5. The van der Waals surface area contributed by atoms with E-state index in [1.165, 1.54) is 0 Å². The van der Waals surface area contributed by atoms with Gasteiger partial charge in [0.1, 0.15) is 22.8 Å². The highest BCUT2D eigenvalue weighted by Crippen LogP contribution is 2.40. The van der Waals surface area contributed by atoms with Crippen LogP contribution >= 0.6 is 11.6 Å². The van der Waals surface area contributed by atoms with Crippen LogP contribution in [0.2, 0.25) is 5.02 Å². The second-order valence-corrected chi connectivity index (χ2v) is 8.73. The number of ketones is 1. The number of amides is 1. The first-order valence-corrected chi connectivity index (χ1v) is 10.2. The zero-order valence-electron chi connectivity index (χ0n) is 17.2. The number of benzene rings is 2. The molecule has 6 nitrogen and oxygen atoms in total. The van der Waals surface area contributed by atoms with Gasteiger partial charge in [0.25, 0.3) is 5.91 Å². The fourth-order valence-corrected chi connectivity index (χ4v) is 4.19. The molecule has 2 aliphatic heterocycles. The molecule has 1 atom stereocenters. The van der Waals surface area contributed by atoms with Crippen LogP contribution in [-0.2, 0) is 4.79 Å². The molecule has 1 fully saturated rings. The van der Waals surface area contributed by atoms with Gasteiger partial charge in [0.05, 0.1) is 25.6 Å². The minimum Gasteiger partial charge on any atom is -0.497 e. The molecule has 158 valence electrons. The molecule has 0 N–H and O–H groups in total. The van der Waals surface area contributed by atoms with Crippen molar-refractivity contribution in [3.8, 4) is 17.2 Å². The molecule has 1 unspecified atom stereocenters. The summed E-state index contributed by atoms with van der Waals surface area (Å²) in [5.41, 5.74) is -1.25. The summed E-state index contributed by atoms with van der Waals surface area (Å²) in [6.45, 7) is 4.33. The van der Waals surface area contributed by atoms with Gasteiger partial charge in [-0.15, -0.1) is 0 Å². The van der Waals surface area contributed by atoms with Crippen molar-refractivity contribution >= 4 is 23.3 Å². The highest BCUT2D eigenvalue weighted by molar-refractivity contribution is 6.30. The summed E-state index contributed by atoms with van der Waals surface area (Å²) in [6.07, 6.45) is 0.822. The third-order valence-electron chi connectivity index (χ3n) is 5.60. The van der Waals surface area contributed by atoms with Crippen molar-refractivity contribution in [3.63, 3.8) is 0 Å². The van der Waals surface area contributed by atoms with E-state index in [0.717, 1.165) is 0 Å². The Morgan fingerprint density at radius 2 is 1.87 bits per heavy atom. The number of carbonyl (C=O) groups is 2. The molecule has 2 aliphatic rings. The zero-order chi connectivity index (χ0) is 21.5. The summed E-state index contributed by atoms with van der Waals surface area (Å²) in [4.78, 5) is 27.7. The highest BCUT2D eigenvalue weighted by Gasteiger charge is 2.49. The first-order chi connectivity index (χ1) is 14.2. The van der Waals surface area contributed by atoms with Crippen LogP contribution in [0.3, 0.4) is 0 Å². The number of Topliss-reactive ketones (excluding diaryl/α,β-unsaturated/α-hetero) is 1. The molecule has 0 aliphatic carbocycles. The molecule has 0 radical (unpaired) electrons. The van der Waals surface area contributed by atoms with Crippen LogP contribution < -0.4 is 14.2 Å². The lowest BCUT2D eigenvalue weighted by Crippen LogP contribution is -2.51. The summed E-state index contributed by atoms with van der Waals surface area (Å²) in [5, 5.41) is 0.602. The predicted octanol–water partition coefficient (Wildman–Crippen LogP) is 4.14. The zero-order valence-corrected chi connectivity index (χ0v) is 18.0. The minimum absolute atomic E-state index is 0.00104. The normalized spacial score (nSPS) is 20.7. The predicted molar refractivity (Wildman–Crippen MR) is 113 cm³/mol. The van der Waals surface area contributed by atoms with Crippen LogP contribution in [-0.4, -0.2) is 48.0 Å². The van der Waals surface area contributed by atoms with Gasteiger partial charge >= 0.3 is 0 Å². The Bertz CT molecular complexity index is 988. The number of ether oxygens (including phenoxy) is 3. The van der Waals surface area contributed by atoms with Crippen molar-refractivity contribution in [2.45, 2.75) is 37.9 Å². The third kappa shape index (κ3) is 3.84. The summed E-state index contributed by atoms with van der Waals surface area (Å²) < 4.78 is 17.4. The van der Waals surface area contributed by atoms with E-state index in [1.807, 2.05) is 0 Å². The summed E-state index contributed by atoms with van der Waals surface area (Å²) >= 11 is 5.92. The third-order valence-corrected chi connectivity index (χ3v) is 5.85. The number of hydrogen-bond donors (Lipinski definition) is 0. The first-order valence-electron chi connectivity index (χ1n) is 9.86. The van der Waals surface area contributed by atoms with Gasteiger partial charge in [0.15, 0.2) is 11.4 Å². The average molecular weight is 430 g/mol. The molecule has 2 heterocycles. The molecule has 1 amide bonds. The van der Waals surface area contributed by atoms with Crippen LogP contribution in [0.25, 0.3) is 0 Å². The van der Waals surface area contributed by atoms with Gasteiger partial charge in [0.2, 0.25) is 0 Å². The molecule has 2 aromatic rings. The van der Waals surface area contributed by atoms with E-state index in [4.69, 9.17) is 25.8 Å². The first kappa shape index (κ1) is 20.5. The lowest BCUT2D eigenvalue weighted by Gasteiger charge is -2.36. The van der Waals surface area contributed by atoms with Crippen LogP contribution in [0.15, 0.2) is 42.5 Å². The molecule has 1 spiro atoms. The molecule has 1 saturated heterocycles. The second kappa shape index (κ2) is 7.51. The Labute approximate surface area is 180 Å². The van der Waals surface area contributed by atoms with Crippen molar-refractivity contribution in [3.05, 3.63) is 53.1 Å². The molecule has 0 aromatic heterocycles. The number of carbonyl (C=O) groups excluding carboxylic acids is 2. The van der Waals surface area contributed by atoms with Gasteiger partial charge in [-0.3, -0.25) is 9.59 Å². The Balaban J connectivity index is 1.48. The van der Waals surface area contributed by atoms with Crippen LogP contribution in [0.4, 0.5) is 0 Å². The van der Waals surface area contributed by atoms with Crippen molar-refractivity contribution in [1.29, 1.82) is 0 Å². The van der Waals surface area contributed by atoms with Crippen LogP contribution in [0.1, 0.15) is 37.0 Å². The lowest BCUT2D eigenvalue weighted by molar-refractivity contribution is -0.145.